The third-order valence-corrected chi connectivity index (χ3v) is 5.67. The van der Waals surface area contributed by atoms with Gasteiger partial charge in [0.15, 0.2) is 0 Å². The molecule has 3 rings (SSSR count). The molecular formula is C15H22ClN3O3S. The average molecular weight is 360 g/mol. The summed E-state index contributed by atoms with van der Waals surface area (Å²) in [7, 11) is -3.56. The summed E-state index contributed by atoms with van der Waals surface area (Å²) < 4.78 is 27.3. The van der Waals surface area contributed by atoms with Crippen LogP contribution in [0.25, 0.3) is 0 Å². The molecule has 1 aromatic rings. The van der Waals surface area contributed by atoms with Crippen LogP contribution < -0.4 is 15.8 Å². The number of rotatable bonds is 5. The summed E-state index contributed by atoms with van der Waals surface area (Å²) in [5.41, 5.74) is 7.50. The second-order valence-electron chi connectivity index (χ2n) is 6.07. The van der Waals surface area contributed by atoms with Crippen molar-refractivity contribution in [3.63, 3.8) is 0 Å². The number of nitrogens with two attached hydrogens (primary N) is 1. The molecule has 0 aromatic heterocycles. The topological polar surface area (TPSA) is 101 Å². The number of nitrogens with one attached hydrogen (secondary N) is 2. The minimum Gasteiger partial charge on any atom is -0.326 e. The van der Waals surface area contributed by atoms with Crippen LogP contribution in [-0.4, -0.2) is 26.9 Å². The molecular weight excluding hydrogens is 338 g/mol. The Morgan fingerprint density at radius 2 is 2.04 bits per heavy atom. The van der Waals surface area contributed by atoms with Crippen molar-refractivity contribution >= 4 is 34.0 Å². The van der Waals surface area contributed by atoms with Gasteiger partial charge < -0.3 is 11.1 Å². The molecule has 0 radical (unpaired) electrons. The Balaban J connectivity index is 0.00000192. The number of benzene rings is 1. The van der Waals surface area contributed by atoms with Crippen LogP contribution in [0.5, 0.6) is 0 Å². The van der Waals surface area contributed by atoms with Crippen molar-refractivity contribution in [2.45, 2.75) is 43.0 Å². The summed E-state index contributed by atoms with van der Waals surface area (Å²) in [6.45, 7) is 0.265. The number of hydrogen-bond acceptors (Lipinski definition) is 4. The third-order valence-electron chi connectivity index (χ3n) is 4.25. The Kier molecular flexibility index (Phi) is 5.67. The van der Waals surface area contributed by atoms with Gasteiger partial charge in [-0.1, -0.05) is 0 Å². The molecule has 0 spiro atoms. The first-order chi connectivity index (χ1) is 10.5. The molecule has 8 heteroatoms. The molecule has 4 N–H and O–H groups in total. The van der Waals surface area contributed by atoms with E-state index in [-0.39, 0.29) is 35.8 Å². The third kappa shape index (κ3) is 4.44. The summed E-state index contributed by atoms with van der Waals surface area (Å²) in [6, 6.07) is 4.71. The summed E-state index contributed by atoms with van der Waals surface area (Å²) in [5, 5.41) is 2.80. The van der Waals surface area contributed by atoms with Gasteiger partial charge in [-0.15, -0.1) is 12.4 Å². The van der Waals surface area contributed by atoms with Gasteiger partial charge in [0.05, 0.1) is 4.90 Å². The highest BCUT2D eigenvalue weighted by atomic mass is 35.5. The second kappa shape index (κ2) is 7.17. The molecule has 6 nitrogen and oxygen atoms in total. The Bertz CT molecular complexity index is 689. The lowest BCUT2D eigenvalue weighted by molar-refractivity contribution is -0.116. The Labute approximate surface area is 142 Å². The first-order valence-corrected chi connectivity index (χ1v) is 9.12. The van der Waals surface area contributed by atoms with Gasteiger partial charge in [-0.3, -0.25) is 4.79 Å². The molecule has 1 aliphatic heterocycles. The molecule has 2 aliphatic rings. The molecule has 1 amide bonds. The fourth-order valence-corrected chi connectivity index (χ4v) is 3.82. The Morgan fingerprint density at radius 1 is 1.30 bits per heavy atom. The summed E-state index contributed by atoms with van der Waals surface area (Å²) in [6.07, 6.45) is 4.05. The minimum atomic E-state index is -3.56. The van der Waals surface area contributed by atoms with Gasteiger partial charge in [-0.05, 0) is 55.4 Å². The van der Waals surface area contributed by atoms with Crippen molar-refractivity contribution < 1.29 is 13.2 Å². The highest BCUT2D eigenvalue weighted by Gasteiger charge is 2.29. The van der Waals surface area contributed by atoms with E-state index in [0.717, 1.165) is 24.8 Å². The average Bonchev–Trinajstić information content (AvgIpc) is 3.31. The van der Waals surface area contributed by atoms with E-state index in [1.165, 1.54) is 6.07 Å². The lowest BCUT2D eigenvalue weighted by atomic mass is 10.1. The summed E-state index contributed by atoms with van der Waals surface area (Å²) in [4.78, 5) is 11.7. The molecule has 0 saturated heterocycles. The number of anilines is 1. The SMILES string of the molecule is Cl.NC(CNS(=O)(=O)c1ccc2c(c1)CCCC(=O)N2)C1CC1. The molecule has 1 aromatic carbocycles. The second-order valence-corrected chi connectivity index (χ2v) is 7.84. The molecule has 128 valence electrons. The van der Waals surface area contributed by atoms with Crippen molar-refractivity contribution in [3.05, 3.63) is 23.8 Å². The molecule has 1 fully saturated rings. The highest BCUT2D eigenvalue weighted by Crippen LogP contribution is 2.31. The monoisotopic (exact) mass is 359 g/mol. The van der Waals surface area contributed by atoms with Crippen LogP contribution in [0.3, 0.4) is 0 Å². The maximum Gasteiger partial charge on any atom is 0.240 e. The zero-order chi connectivity index (χ0) is 15.7. The van der Waals surface area contributed by atoms with Gasteiger partial charge >= 0.3 is 0 Å². The molecule has 1 aliphatic carbocycles. The minimum absolute atomic E-state index is 0. The number of carbonyl (C=O) groups is 1. The molecule has 1 saturated carbocycles. The van der Waals surface area contributed by atoms with E-state index in [2.05, 4.69) is 10.0 Å². The smallest absolute Gasteiger partial charge is 0.240 e. The fraction of sp³-hybridized carbons (Fsp3) is 0.533. The number of fused-ring (bicyclic) bond motifs is 1. The zero-order valence-electron chi connectivity index (χ0n) is 12.7. The molecule has 0 bridgehead atoms. The van der Waals surface area contributed by atoms with Crippen molar-refractivity contribution in [2.24, 2.45) is 11.7 Å². The van der Waals surface area contributed by atoms with Gasteiger partial charge in [-0.25, -0.2) is 13.1 Å². The number of hydrogen-bond donors (Lipinski definition) is 3. The first-order valence-electron chi connectivity index (χ1n) is 7.64. The van der Waals surface area contributed by atoms with Crippen molar-refractivity contribution in [1.82, 2.24) is 4.72 Å². The maximum atomic E-state index is 12.4. The molecule has 1 unspecified atom stereocenters. The number of amides is 1. The highest BCUT2D eigenvalue weighted by molar-refractivity contribution is 7.89. The van der Waals surface area contributed by atoms with E-state index in [1.807, 2.05) is 0 Å². The van der Waals surface area contributed by atoms with Gasteiger partial charge in [0.2, 0.25) is 15.9 Å². The maximum absolute atomic E-state index is 12.4. The van der Waals surface area contributed by atoms with E-state index >= 15 is 0 Å². The summed E-state index contributed by atoms with van der Waals surface area (Å²) in [5.74, 6) is 0.424. The molecule has 1 heterocycles. The zero-order valence-corrected chi connectivity index (χ0v) is 14.4. The van der Waals surface area contributed by atoms with Crippen molar-refractivity contribution in [3.8, 4) is 0 Å². The van der Waals surface area contributed by atoms with E-state index in [1.54, 1.807) is 12.1 Å². The van der Waals surface area contributed by atoms with Gasteiger partial charge in [0.25, 0.3) is 0 Å². The normalized spacial score (nSPS) is 19.1. The Hall–Kier alpha value is -1.15. The number of halogens is 1. The van der Waals surface area contributed by atoms with Crippen LogP contribution in [0.4, 0.5) is 5.69 Å². The van der Waals surface area contributed by atoms with Crippen molar-refractivity contribution in [2.75, 3.05) is 11.9 Å². The lowest BCUT2D eigenvalue weighted by Gasteiger charge is -2.13. The number of sulfonamides is 1. The predicted octanol–water partition coefficient (Wildman–Crippen LogP) is 1.40. The number of carbonyl (C=O) groups excluding carboxylic acids is 1. The van der Waals surface area contributed by atoms with E-state index in [4.69, 9.17) is 5.73 Å². The van der Waals surface area contributed by atoms with Crippen LogP contribution in [-0.2, 0) is 21.2 Å². The number of aryl methyl sites for hydroxylation is 1. The predicted molar refractivity (Wildman–Crippen MR) is 91.1 cm³/mol. The quantitative estimate of drug-likeness (QED) is 0.739. The lowest BCUT2D eigenvalue weighted by Crippen LogP contribution is -2.38. The van der Waals surface area contributed by atoms with Gasteiger partial charge in [0.1, 0.15) is 0 Å². The van der Waals surface area contributed by atoms with Crippen LogP contribution in [0, 0.1) is 5.92 Å². The molecule has 1 atom stereocenters. The van der Waals surface area contributed by atoms with Crippen LogP contribution >= 0.6 is 12.4 Å². The first kappa shape index (κ1) is 18.2. The van der Waals surface area contributed by atoms with Gasteiger partial charge in [-0.2, -0.15) is 0 Å². The Morgan fingerprint density at radius 3 is 2.74 bits per heavy atom. The van der Waals surface area contributed by atoms with Crippen LogP contribution in [0.1, 0.15) is 31.2 Å². The largest absolute Gasteiger partial charge is 0.326 e. The summed E-state index contributed by atoms with van der Waals surface area (Å²) >= 11 is 0. The molecule has 23 heavy (non-hydrogen) atoms. The fourth-order valence-electron chi connectivity index (χ4n) is 2.70. The van der Waals surface area contributed by atoms with E-state index < -0.39 is 10.0 Å². The van der Waals surface area contributed by atoms with Crippen LogP contribution in [0.15, 0.2) is 23.1 Å². The van der Waals surface area contributed by atoms with E-state index in [0.29, 0.717) is 24.4 Å². The van der Waals surface area contributed by atoms with Crippen LogP contribution in [0.2, 0.25) is 0 Å². The van der Waals surface area contributed by atoms with E-state index in [9.17, 15) is 13.2 Å². The van der Waals surface area contributed by atoms with Crippen molar-refractivity contribution in [1.29, 1.82) is 0 Å². The standard InChI is InChI=1S/C15H21N3O3S.ClH/c16-13(10-4-5-10)9-17-22(20,21)12-6-7-14-11(8-12)2-1-3-15(19)18-14;/h6-8,10,13,17H,1-5,9,16H2,(H,18,19);1H. The van der Waals surface area contributed by atoms with Gasteiger partial charge in [0, 0.05) is 24.7 Å².